The van der Waals surface area contributed by atoms with Gasteiger partial charge in [-0.15, -0.1) is 0 Å². The highest BCUT2D eigenvalue weighted by atomic mass is 16.1. The molecule has 3 N–H and O–H groups in total. The summed E-state index contributed by atoms with van der Waals surface area (Å²) < 4.78 is 0. The zero-order valence-electron chi connectivity index (χ0n) is 9.83. The number of carbonyl (C=O) groups excluding carboxylic acids is 1. The van der Waals surface area contributed by atoms with Crippen molar-refractivity contribution in [1.29, 1.82) is 0 Å². The summed E-state index contributed by atoms with van der Waals surface area (Å²) in [5.74, 6) is 0.417. The largest absolute Gasteiger partial charge is 0.369 e. The van der Waals surface area contributed by atoms with Gasteiger partial charge in [-0.05, 0) is 45.3 Å². The van der Waals surface area contributed by atoms with E-state index in [1.54, 1.807) is 0 Å². The number of nitrogens with zero attached hydrogens (tertiary/aromatic N) is 1. The van der Waals surface area contributed by atoms with E-state index in [0.29, 0.717) is 18.5 Å². The van der Waals surface area contributed by atoms with Crippen molar-refractivity contribution in [3.05, 3.63) is 0 Å². The molecule has 1 rings (SSSR count). The Morgan fingerprint density at radius 1 is 1.53 bits per heavy atom. The van der Waals surface area contributed by atoms with Crippen LogP contribution in [-0.2, 0) is 4.79 Å². The molecule has 0 aromatic rings. The molecule has 1 heterocycles. The molecule has 0 radical (unpaired) electrons. The molecule has 4 heteroatoms. The van der Waals surface area contributed by atoms with Crippen LogP contribution in [0.4, 0.5) is 0 Å². The van der Waals surface area contributed by atoms with Crippen LogP contribution in [0.2, 0.25) is 0 Å². The van der Waals surface area contributed by atoms with E-state index in [4.69, 9.17) is 5.73 Å². The van der Waals surface area contributed by atoms with Crippen molar-refractivity contribution in [2.75, 3.05) is 26.2 Å². The number of nitrogens with two attached hydrogens (primary N) is 1. The molecule has 1 amide bonds. The van der Waals surface area contributed by atoms with Crippen LogP contribution in [0, 0.1) is 5.92 Å². The Balaban J connectivity index is 2.23. The molecule has 1 aliphatic heterocycles. The SMILES string of the molecule is CCN1CCC(C(C)NCC(N)=O)CC1. The van der Waals surface area contributed by atoms with Gasteiger partial charge in [0.05, 0.1) is 6.54 Å². The first-order chi connectivity index (χ1) is 7.13. The highest BCUT2D eigenvalue weighted by Gasteiger charge is 2.22. The van der Waals surface area contributed by atoms with Gasteiger partial charge in [0, 0.05) is 6.04 Å². The Labute approximate surface area is 92.2 Å². The smallest absolute Gasteiger partial charge is 0.231 e. The molecule has 1 fully saturated rings. The van der Waals surface area contributed by atoms with Crippen LogP contribution in [0.15, 0.2) is 0 Å². The number of piperidine rings is 1. The fourth-order valence-electron chi connectivity index (χ4n) is 2.20. The van der Waals surface area contributed by atoms with Gasteiger partial charge in [-0.2, -0.15) is 0 Å². The first kappa shape index (κ1) is 12.5. The van der Waals surface area contributed by atoms with Crippen LogP contribution in [0.3, 0.4) is 0 Å². The van der Waals surface area contributed by atoms with Crippen LogP contribution in [0.25, 0.3) is 0 Å². The first-order valence-electron chi connectivity index (χ1n) is 5.87. The Kier molecular flexibility index (Phi) is 5.05. The van der Waals surface area contributed by atoms with Crippen molar-refractivity contribution in [3.8, 4) is 0 Å². The van der Waals surface area contributed by atoms with Gasteiger partial charge >= 0.3 is 0 Å². The lowest BCUT2D eigenvalue weighted by atomic mass is 9.90. The molecule has 0 aliphatic carbocycles. The van der Waals surface area contributed by atoms with Gasteiger partial charge in [0.2, 0.25) is 5.91 Å². The van der Waals surface area contributed by atoms with Gasteiger partial charge in [-0.3, -0.25) is 4.79 Å². The predicted octanol–water partition coefficient (Wildman–Crippen LogP) is 0.182. The lowest BCUT2D eigenvalue weighted by Gasteiger charge is -2.34. The molecule has 0 bridgehead atoms. The highest BCUT2D eigenvalue weighted by Crippen LogP contribution is 2.20. The fourth-order valence-corrected chi connectivity index (χ4v) is 2.20. The average Bonchev–Trinajstić information content (AvgIpc) is 2.26. The van der Waals surface area contributed by atoms with Gasteiger partial charge < -0.3 is 16.0 Å². The number of hydrogen-bond acceptors (Lipinski definition) is 3. The summed E-state index contributed by atoms with van der Waals surface area (Å²) >= 11 is 0. The minimum absolute atomic E-state index is 0.271. The molecule has 1 aliphatic rings. The molecule has 1 atom stereocenters. The van der Waals surface area contributed by atoms with Crippen LogP contribution >= 0.6 is 0 Å². The molecule has 15 heavy (non-hydrogen) atoms. The van der Waals surface area contributed by atoms with Gasteiger partial charge in [0.1, 0.15) is 0 Å². The second-order valence-electron chi connectivity index (χ2n) is 4.41. The number of likely N-dealkylation sites (tertiary alicyclic amines) is 1. The third-order valence-corrected chi connectivity index (χ3v) is 3.38. The lowest BCUT2D eigenvalue weighted by Crippen LogP contribution is -2.44. The number of carbonyl (C=O) groups is 1. The molecular formula is C11H23N3O. The summed E-state index contributed by atoms with van der Waals surface area (Å²) in [5.41, 5.74) is 5.10. The van der Waals surface area contributed by atoms with Gasteiger partial charge in [-0.25, -0.2) is 0 Å². The van der Waals surface area contributed by atoms with Crippen molar-refractivity contribution >= 4 is 5.91 Å². The summed E-state index contributed by atoms with van der Waals surface area (Å²) in [6, 6.07) is 0.400. The maximum atomic E-state index is 10.6. The first-order valence-corrected chi connectivity index (χ1v) is 5.87. The lowest BCUT2D eigenvalue weighted by molar-refractivity contribution is -0.117. The summed E-state index contributed by atoms with van der Waals surface area (Å²) in [6.45, 7) is 8.17. The van der Waals surface area contributed by atoms with E-state index in [2.05, 4.69) is 24.1 Å². The summed E-state index contributed by atoms with van der Waals surface area (Å²) in [7, 11) is 0. The molecule has 0 aromatic carbocycles. The summed E-state index contributed by atoms with van der Waals surface area (Å²) in [5, 5.41) is 3.19. The predicted molar refractivity (Wildman–Crippen MR) is 61.5 cm³/mol. The van der Waals surface area contributed by atoms with Crippen LogP contribution in [-0.4, -0.2) is 43.0 Å². The molecule has 0 saturated carbocycles. The normalized spacial score (nSPS) is 21.5. The van der Waals surface area contributed by atoms with Gasteiger partial charge in [0.25, 0.3) is 0 Å². The molecule has 88 valence electrons. The van der Waals surface area contributed by atoms with E-state index < -0.39 is 0 Å². The number of hydrogen-bond donors (Lipinski definition) is 2. The molecule has 0 spiro atoms. The second kappa shape index (κ2) is 6.08. The van der Waals surface area contributed by atoms with Gasteiger partial charge in [0.15, 0.2) is 0 Å². The number of rotatable bonds is 5. The van der Waals surface area contributed by atoms with E-state index in [9.17, 15) is 4.79 Å². The maximum absolute atomic E-state index is 10.6. The Morgan fingerprint density at radius 3 is 2.60 bits per heavy atom. The minimum Gasteiger partial charge on any atom is -0.369 e. The zero-order valence-corrected chi connectivity index (χ0v) is 9.83. The Morgan fingerprint density at radius 2 is 2.13 bits per heavy atom. The zero-order chi connectivity index (χ0) is 11.3. The Hall–Kier alpha value is -0.610. The molecule has 1 saturated heterocycles. The van der Waals surface area contributed by atoms with Gasteiger partial charge in [-0.1, -0.05) is 6.92 Å². The second-order valence-corrected chi connectivity index (χ2v) is 4.41. The minimum atomic E-state index is -0.271. The average molecular weight is 213 g/mol. The van der Waals surface area contributed by atoms with Crippen LogP contribution in [0.1, 0.15) is 26.7 Å². The maximum Gasteiger partial charge on any atom is 0.231 e. The summed E-state index contributed by atoms with van der Waals surface area (Å²) in [4.78, 5) is 13.1. The number of amides is 1. The standard InChI is InChI=1S/C11H23N3O/c1-3-14-6-4-10(5-7-14)9(2)13-8-11(12)15/h9-10,13H,3-8H2,1-2H3,(H2,12,15). The molecule has 4 nitrogen and oxygen atoms in total. The summed E-state index contributed by atoms with van der Waals surface area (Å²) in [6.07, 6.45) is 2.45. The quantitative estimate of drug-likeness (QED) is 0.685. The van der Waals surface area contributed by atoms with Crippen molar-refractivity contribution in [3.63, 3.8) is 0 Å². The van der Waals surface area contributed by atoms with Crippen molar-refractivity contribution in [1.82, 2.24) is 10.2 Å². The molecule has 0 aromatic heterocycles. The number of primary amides is 1. The third kappa shape index (κ3) is 4.18. The molecular weight excluding hydrogens is 190 g/mol. The number of nitrogens with one attached hydrogen (secondary N) is 1. The fraction of sp³-hybridized carbons (Fsp3) is 0.909. The van der Waals surface area contributed by atoms with E-state index in [1.165, 1.54) is 25.9 Å². The topological polar surface area (TPSA) is 58.4 Å². The van der Waals surface area contributed by atoms with Crippen molar-refractivity contribution < 1.29 is 4.79 Å². The monoisotopic (exact) mass is 213 g/mol. The Bertz CT molecular complexity index is 200. The highest BCUT2D eigenvalue weighted by molar-refractivity contribution is 5.75. The molecule has 1 unspecified atom stereocenters. The van der Waals surface area contributed by atoms with E-state index in [1.807, 2.05) is 0 Å². The van der Waals surface area contributed by atoms with E-state index in [0.717, 1.165) is 6.54 Å². The van der Waals surface area contributed by atoms with Crippen LogP contribution in [0.5, 0.6) is 0 Å². The van der Waals surface area contributed by atoms with Crippen molar-refractivity contribution in [2.24, 2.45) is 11.7 Å². The van der Waals surface area contributed by atoms with E-state index >= 15 is 0 Å². The third-order valence-electron chi connectivity index (χ3n) is 3.38. The van der Waals surface area contributed by atoms with E-state index in [-0.39, 0.29) is 5.91 Å². The van der Waals surface area contributed by atoms with Crippen LogP contribution < -0.4 is 11.1 Å². The van der Waals surface area contributed by atoms with Crippen molar-refractivity contribution in [2.45, 2.75) is 32.7 Å².